The molecule has 0 radical (unpaired) electrons. The predicted octanol–water partition coefficient (Wildman–Crippen LogP) is 4.42. The van der Waals surface area contributed by atoms with Gasteiger partial charge >= 0.3 is 0 Å². The van der Waals surface area contributed by atoms with E-state index in [1.165, 1.54) is 18.4 Å². The van der Waals surface area contributed by atoms with Crippen molar-refractivity contribution >= 4 is 0 Å². The molecule has 142 valence electrons. The molecule has 1 atom stereocenters. The second kappa shape index (κ2) is 7.56. The number of methoxy groups -OCH3 is 1. The van der Waals surface area contributed by atoms with E-state index >= 15 is 0 Å². The van der Waals surface area contributed by atoms with Crippen molar-refractivity contribution in [2.75, 3.05) is 13.7 Å². The molecule has 3 aromatic rings. The molecule has 1 aromatic carbocycles. The monoisotopic (exact) mass is 366 g/mol. The molecule has 6 heteroatoms. The minimum atomic E-state index is 0.269. The van der Waals surface area contributed by atoms with Gasteiger partial charge in [-0.05, 0) is 39.3 Å². The number of nitrogens with one attached hydrogen (secondary N) is 1. The Kier molecular flexibility index (Phi) is 4.99. The van der Waals surface area contributed by atoms with E-state index in [1.807, 2.05) is 32.2 Å². The molecule has 1 aliphatic heterocycles. The van der Waals surface area contributed by atoms with Gasteiger partial charge in [-0.3, -0.25) is 10.00 Å². The molecule has 4 rings (SSSR count). The Labute approximate surface area is 159 Å². The van der Waals surface area contributed by atoms with Gasteiger partial charge in [-0.2, -0.15) is 5.10 Å². The second-order valence-corrected chi connectivity index (χ2v) is 7.21. The van der Waals surface area contributed by atoms with Gasteiger partial charge in [-0.1, -0.05) is 29.8 Å². The van der Waals surface area contributed by atoms with Crippen molar-refractivity contribution in [3.8, 4) is 17.1 Å². The highest BCUT2D eigenvalue weighted by molar-refractivity contribution is 5.64. The molecule has 0 aliphatic carbocycles. The number of hydrogen-bond acceptors (Lipinski definition) is 5. The number of nitrogens with zero attached hydrogens (tertiary/aromatic N) is 3. The second-order valence-electron chi connectivity index (χ2n) is 7.21. The first-order valence-corrected chi connectivity index (χ1v) is 9.51. The maximum Gasteiger partial charge on any atom is 0.173 e. The third kappa shape index (κ3) is 3.37. The topological polar surface area (TPSA) is 67.2 Å². The SMILES string of the molecule is COc1ccccc1CN1CCCC[C@H]1c1[nH]ncc1-c1onc(C)c1C. The molecule has 0 bridgehead atoms. The summed E-state index contributed by atoms with van der Waals surface area (Å²) >= 11 is 0. The highest BCUT2D eigenvalue weighted by Crippen LogP contribution is 2.38. The average molecular weight is 366 g/mol. The molecule has 3 heterocycles. The van der Waals surface area contributed by atoms with Crippen LogP contribution in [0.3, 0.4) is 0 Å². The summed E-state index contributed by atoms with van der Waals surface area (Å²) in [6.07, 6.45) is 5.37. The number of aromatic nitrogens is 3. The Bertz CT molecular complexity index is 915. The van der Waals surface area contributed by atoms with E-state index in [1.54, 1.807) is 7.11 Å². The van der Waals surface area contributed by atoms with Crippen LogP contribution in [0.5, 0.6) is 5.75 Å². The van der Waals surface area contributed by atoms with Gasteiger partial charge in [-0.15, -0.1) is 0 Å². The minimum absolute atomic E-state index is 0.269. The predicted molar refractivity (Wildman–Crippen MR) is 104 cm³/mol. The maximum absolute atomic E-state index is 5.61. The lowest BCUT2D eigenvalue weighted by Gasteiger charge is -2.35. The maximum atomic E-state index is 5.61. The van der Waals surface area contributed by atoms with Gasteiger partial charge < -0.3 is 9.26 Å². The van der Waals surface area contributed by atoms with Gasteiger partial charge in [0.1, 0.15) is 5.75 Å². The van der Waals surface area contributed by atoms with E-state index in [0.29, 0.717) is 0 Å². The van der Waals surface area contributed by atoms with Crippen molar-refractivity contribution in [3.63, 3.8) is 0 Å². The fraction of sp³-hybridized carbons (Fsp3) is 0.429. The third-order valence-corrected chi connectivity index (χ3v) is 5.58. The van der Waals surface area contributed by atoms with Crippen molar-refractivity contribution < 1.29 is 9.26 Å². The number of H-pyrrole nitrogens is 1. The summed E-state index contributed by atoms with van der Waals surface area (Å²) in [5, 5.41) is 11.7. The summed E-state index contributed by atoms with van der Waals surface area (Å²) in [5.41, 5.74) is 5.34. The fourth-order valence-electron chi connectivity index (χ4n) is 3.96. The molecule has 6 nitrogen and oxygen atoms in total. The van der Waals surface area contributed by atoms with Gasteiger partial charge in [0.15, 0.2) is 5.76 Å². The van der Waals surface area contributed by atoms with Crippen molar-refractivity contribution in [3.05, 3.63) is 53.0 Å². The molecule has 0 spiro atoms. The summed E-state index contributed by atoms with van der Waals surface area (Å²) in [6.45, 7) is 5.92. The summed E-state index contributed by atoms with van der Waals surface area (Å²) in [4.78, 5) is 2.51. The third-order valence-electron chi connectivity index (χ3n) is 5.58. The number of aryl methyl sites for hydroxylation is 1. The van der Waals surface area contributed by atoms with Crippen LogP contribution in [0.1, 0.15) is 47.8 Å². The highest BCUT2D eigenvalue weighted by Gasteiger charge is 2.30. The van der Waals surface area contributed by atoms with E-state index in [0.717, 1.165) is 53.5 Å². The number of aromatic amines is 1. The van der Waals surface area contributed by atoms with Crippen LogP contribution in [-0.4, -0.2) is 33.9 Å². The summed E-state index contributed by atoms with van der Waals surface area (Å²) in [5.74, 6) is 1.76. The van der Waals surface area contributed by atoms with Crippen LogP contribution >= 0.6 is 0 Å². The molecular weight excluding hydrogens is 340 g/mol. The van der Waals surface area contributed by atoms with Crippen LogP contribution in [0.2, 0.25) is 0 Å². The summed E-state index contributed by atoms with van der Waals surface area (Å²) < 4.78 is 11.2. The van der Waals surface area contributed by atoms with Gasteiger partial charge in [0, 0.05) is 17.7 Å². The molecule has 1 saturated heterocycles. The lowest BCUT2D eigenvalue weighted by atomic mass is 9.95. The van der Waals surface area contributed by atoms with Gasteiger partial charge in [0.25, 0.3) is 0 Å². The molecular formula is C21H26N4O2. The van der Waals surface area contributed by atoms with E-state index < -0.39 is 0 Å². The van der Waals surface area contributed by atoms with E-state index in [9.17, 15) is 0 Å². The summed E-state index contributed by atoms with van der Waals surface area (Å²) in [7, 11) is 1.73. The van der Waals surface area contributed by atoms with Crippen LogP contribution in [0, 0.1) is 13.8 Å². The highest BCUT2D eigenvalue weighted by atomic mass is 16.5. The number of hydrogen-bond donors (Lipinski definition) is 1. The molecule has 0 saturated carbocycles. The Balaban J connectivity index is 1.66. The lowest BCUT2D eigenvalue weighted by molar-refractivity contribution is 0.136. The molecule has 0 unspecified atom stereocenters. The quantitative estimate of drug-likeness (QED) is 0.724. The molecule has 0 amide bonds. The van der Waals surface area contributed by atoms with Gasteiger partial charge in [0.2, 0.25) is 0 Å². The van der Waals surface area contributed by atoms with Crippen molar-refractivity contribution in [1.29, 1.82) is 0 Å². The zero-order valence-electron chi connectivity index (χ0n) is 16.2. The van der Waals surface area contributed by atoms with Crippen molar-refractivity contribution in [2.45, 2.75) is 45.7 Å². The van der Waals surface area contributed by atoms with Crippen LogP contribution in [0.15, 0.2) is 35.0 Å². The number of para-hydroxylation sites is 1. The lowest BCUT2D eigenvalue weighted by Crippen LogP contribution is -2.33. The molecule has 27 heavy (non-hydrogen) atoms. The van der Waals surface area contributed by atoms with Crippen LogP contribution in [0.4, 0.5) is 0 Å². The molecule has 1 aliphatic rings. The first-order chi connectivity index (χ1) is 13.2. The number of benzene rings is 1. The first kappa shape index (κ1) is 17.8. The van der Waals surface area contributed by atoms with Crippen LogP contribution in [-0.2, 0) is 6.54 Å². The first-order valence-electron chi connectivity index (χ1n) is 9.51. The van der Waals surface area contributed by atoms with Gasteiger partial charge in [0.05, 0.1) is 36.3 Å². The largest absolute Gasteiger partial charge is 0.496 e. The number of ether oxygens (including phenoxy) is 1. The van der Waals surface area contributed by atoms with Crippen LogP contribution in [0.25, 0.3) is 11.3 Å². The standard InChI is InChI=1S/C21H26N4O2/c1-14-15(2)24-27-21(14)17-12-22-23-20(17)18-9-6-7-11-25(18)13-16-8-4-5-10-19(16)26-3/h4-5,8,10,12,18H,6-7,9,11,13H2,1-3H3,(H,22,23)/t18-/m0/s1. The molecule has 1 N–H and O–H groups in total. The van der Waals surface area contributed by atoms with Crippen molar-refractivity contribution in [2.24, 2.45) is 0 Å². The average Bonchev–Trinajstić information content (AvgIpc) is 3.30. The number of piperidine rings is 1. The smallest absolute Gasteiger partial charge is 0.173 e. The fourth-order valence-corrected chi connectivity index (χ4v) is 3.96. The Morgan fingerprint density at radius 1 is 1.26 bits per heavy atom. The van der Waals surface area contributed by atoms with E-state index in [-0.39, 0.29) is 6.04 Å². The van der Waals surface area contributed by atoms with Crippen molar-refractivity contribution in [1.82, 2.24) is 20.3 Å². The Morgan fingerprint density at radius 2 is 2.11 bits per heavy atom. The Hall–Kier alpha value is -2.60. The van der Waals surface area contributed by atoms with E-state index in [4.69, 9.17) is 9.26 Å². The van der Waals surface area contributed by atoms with Gasteiger partial charge in [-0.25, -0.2) is 0 Å². The zero-order valence-corrected chi connectivity index (χ0v) is 16.2. The summed E-state index contributed by atoms with van der Waals surface area (Å²) in [6, 6.07) is 8.52. The number of likely N-dealkylation sites (tertiary alicyclic amines) is 1. The van der Waals surface area contributed by atoms with E-state index in [2.05, 4.69) is 32.4 Å². The normalized spacial score (nSPS) is 18.0. The molecule has 1 fully saturated rings. The minimum Gasteiger partial charge on any atom is -0.496 e. The number of rotatable bonds is 5. The molecule has 2 aromatic heterocycles. The van der Waals surface area contributed by atoms with Crippen LogP contribution < -0.4 is 4.74 Å². The Morgan fingerprint density at radius 3 is 2.89 bits per heavy atom. The zero-order chi connectivity index (χ0) is 18.8.